The minimum Gasteiger partial charge on any atom is -0.381 e. The molecule has 2 aliphatic carbocycles. The van der Waals surface area contributed by atoms with Gasteiger partial charge in [0.15, 0.2) is 5.75 Å². The Hall–Kier alpha value is -4.82. The number of hydrogen-bond donors (Lipinski definition) is 3. The van der Waals surface area contributed by atoms with Crippen molar-refractivity contribution < 1.29 is 33.2 Å². The number of nitrogens with zero attached hydrogens (tertiary/aromatic N) is 4. The van der Waals surface area contributed by atoms with Gasteiger partial charge in [0.1, 0.15) is 11.6 Å². The zero-order valence-electron chi connectivity index (χ0n) is 27.6. The third-order valence-corrected chi connectivity index (χ3v) is 10.1. The summed E-state index contributed by atoms with van der Waals surface area (Å²) >= 11 is 0. The number of carbonyl (C=O) groups is 2. The van der Waals surface area contributed by atoms with E-state index in [1.165, 1.54) is 29.5 Å². The van der Waals surface area contributed by atoms with Crippen LogP contribution in [0, 0.1) is 17.6 Å². The van der Waals surface area contributed by atoms with Gasteiger partial charge in [-0.1, -0.05) is 42.5 Å². The molecular weight excluding hydrogens is 646 g/mol. The number of nitrogens with one attached hydrogen (secondary N) is 2. The first-order chi connectivity index (χ1) is 24.2. The second-order valence-corrected chi connectivity index (χ2v) is 13.4. The lowest BCUT2D eigenvalue weighted by molar-refractivity contribution is -0.0560. The molecule has 2 aromatic carbocycles. The number of carbonyl (C=O) groups excluding carboxylic acids is 2. The monoisotopic (exact) mass is 684 g/mol. The third kappa shape index (κ3) is 6.81. The SMILES string of the molecule is CN(Cc1ncc(C(=O)NO)cc1F)C1(c2ccc(ONC(=O)c3cnc(CN(CC4COC4)C4(c5ccccc5)CC4)c(F)c3)cc2)CC1. The summed E-state index contributed by atoms with van der Waals surface area (Å²) in [5, 5.41) is 8.78. The number of aromatic nitrogens is 2. The smallest absolute Gasteiger partial charge is 0.285 e. The third-order valence-electron chi connectivity index (χ3n) is 10.1. The van der Waals surface area contributed by atoms with Crippen molar-refractivity contribution in [1.82, 2.24) is 30.7 Å². The first-order valence-corrected chi connectivity index (χ1v) is 16.6. The van der Waals surface area contributed by atoms with E-state index in [-0.39, 0.29) is 40.1 Å². The summed E-state index contributed by atoms with van der Waals surface area (Å²) < 4.78 is 35.5. The van der Waals surface area contributed by atoms with E-state index in [0.29, 0.717) is 31.4 Å². The average Bonchev–Trinajstić information content (AvgIpc) is 4.06. The van der Waals surface area contributed by atoms with Gasteiger partial charge in [0.2, 0.25) is 0 Å². The average molecular weight is 685 g/mol. The molecule has 1 saturated heterocycles. The molecule has 2 saturated carbocycles. The number of hydroxylamine groups is 2. The normalized spacial score (nSPS) is 17.2. The maximum atomic E-state index is 15.4. The van der Waals surface area contributed by atoms with Gasteiger partial charge in [-0.2, -0.15) is 5.48 Å². The van der Waals surface area contributed by atoms with Gasteiger partial charge in [-0.05, 0) is 68.1 Å². The molecule has 3 fully saturated rings. The molecule has 3 aliphatic rings. The van der Waals surface area contributed by atoms with Crippen LogP contribution in [0.4, 0.5) is 8.78 Å². The van der Waals surface area contributed by atoms with E-state index >= 15 is 4.39 Å². The molecule has 260 valence electrons. The summed E-state index contributed by atoms with van der Waals surface area (Å²) in [7, 11) is 1.87. The molecule has 0 spiro atoms. The van der Waals surface area contributed by atoms with Crippen LogP contribution in [0.2, 0.25) is 0 Å². The van der Waals surface area contributed by atoms with Crippen LogP contribution in [-0.2, 0) is 28.9 Å². The minimum absolute atomic E-state index is 0.0374. The Bertz CT molecular complexity index is 1870. The summed E-state index contributed by atoms with van der Waals surface area (Å²) in [4.78, 5) is 42.8. The van der Waals surface area contributed by atoms with Crippen LogP contribution in [0.5, 0.6) is 5.75 Å². The number of amides is 2. The lowest BCUT2D eigenvalue weighted by Gasteiger charge is -2.38. The topological polar surface area (TPSA) is 129 Å². The highest BCUT2D eigenvalue weighted by molar-refractivity contribution is 5.93. The second kappa shape index (κ2) is 13.8. The van der Waals surface area contributed by atoms with Crippen molar-refractivity contribution in [2.45, 2.75) is 49.9 Å². The zero-order valence-corrected chi connectivity index (χ0v) is 27.6. The van der Waals surface area contributed by atoms with Crippen LogP contribution >= 0.6 is 0 Å². The highest BCUT2D eigenvalue weighted by atomic mass is 19.1. The summed E-state index contributed by atoms with van der Waals surface area (Å²) in [6, 6.07) is 19.7. The van der Waals surface area contributed by atoms with Crippen LogP contribution in [0.25, 0.3) is 0 Å². The molecule has 13 heteroatoms. The molecule has 3 heterocycles. The van der Waals surface area contributed by atoms with Gasteiger partial charge in [0, 0.05) is 49.0 Å². The Kier molecular flexibility index (Phi) is 9.31. The summed E-state index contributed by atoms with van der Waals surface area (Å²) in [5.74, 6) is -1.90. The summed E-state index contributed by atoms with van der Waals surface area (Å²) in [6.07, 6.45) is 6.26. The molecule has 2 amide bonds. The van der Waals surface area contributed by atoms with Crippen LogP contribution in [0.3, 0.4) is 0 Å². The number of halogens is 2. The molecule has 2 aromatic heterocycles. The summed E-state index contributed by atoms with van der Waals surface area (Å²) in [5.41, 5.74) is 5.98. The standard InChI is InChI=1S/C37H38F2N6O5/c1-44(20-32-30(38)15-25(17-40-32)34(46)42-48)36(11-12-36)28-7-9-29(10-8-28)50-43-35(47)26-16-31(39)33(41-18-26)21-45(19-24-22-49-23-24)37(13-14-37)27-5-3-2-4-6-27/h2-10,15-18,24,48H,11-14,19-23H2,1H3,(H,42,46)(H,43,47). The molecule has 3 N–H and O–H groups in total. The van der Waals surface area contributed by atoms with E-state index in [2.05, 4.69) is 32.5 Å². The molecule has 0 radical (unpaired) electrons. The molecule has 4 aromatic rings. The molecule has 1 aliphatic heterocycles. The van der Waals surface area contributed by atoms with Crippen molar-refractivity contribution in [1.29, 1.82) is 0 Å². The van der Waals surface area contributed by atoms with E-state index in [9.17, 15) is 14.0 Å². The van der Waals surface area contributed by atoms with Crippen molar-refractivity contribution in [2.75, 3.05) is 26.8 Å². The van der Waals surface area contributed by atoms with Crippen LogP contribution in [0.1, 0.15) is 68.9 Å². The Balaban J connectivity index is 0.959. The number of pyridine rings is 2. The quantitative estimate of drug-likeness (QED) is 0.126. The number of benzene rings is 2. The largest absolute Gasteiger partial charge is 0.381 e. The Morgan fingerprint density at radius 1 is 0.860 bits per heavy atom. The fourth-order valence-electron chi connectivity index (χ4n) is 6.79. The van der Waals surface area contributed by atoms with Gasteiger partial charge in [-0.15, -0.1) is 0 Å². The Labute approximate surface area is 288 Å². The van der Waals surface area contributed by atoms with E-state index < -0.39 is 23.4 Å². The first-order valence-electron chi connectivity index (χ1n) is 16.6. The van der Waals surface area contributed by atoms with Crippen LogP contribution in [-0.4, -0.2) is 63.6 Å². The predicted molar refractivity (Wildman–Crippen MR) is 177 cm³/mol. The van der Waals surface area contributed by atoms with Crippen molar-refractivity contribution >= 4 is 11.8 Å². The molecule has 0 bridgehead atoms. The van der Waals surface area contributed by atoms with Gasteiger partial charge in [0.25, 0.3) is 11.8 Å². The van der Waals surface area contributed by atoms with E-state index in [1.54, 1.807) is 12.1 Å². The Morgan fingerprint density at radius 3 is 1.98 bits per heavy atom. The fraction of sp³-hybridized carbons (Fsp3) is 0.351. The number of rotatable bonds is 14. The molecule has 0 unspecified atom stereocenters. The summed E-state index contributed by atoms with van der Waals surface area (Å²) in [6.45, 7) is 2.69. The number of ether oxygens (including phenoxy) is 1. The highest BCUT2D eigenvalue weighted by Gasteiger charge is 2.50. The zero-order chi connectivity index (χ0) is 34.9. The van der Waals surface area contributed by atoms with E-state index in [0.717, 1.165) is 43.9 Å². The maximum absolute atomic E-state index is 15.4. The Morgan fingerprint density at radius 2 is 1.44 bits per heavy atom. The van der Waals surface area contributed by atoms with E-state index in [4.69, 9.17) is 14.8 Å². The van der Waals surface area contributed by atoms with Crippen molar-refractivity contribution in [3.63, 3.8) is 0 Å². The minimum atomic E-state index is -0.839. The second-order valence-electron chi connectivity index (χ2n) is 13.4. The van der Waals surface area contributed by atoms with Crippen LogP contribution in [0.15, 0.2) is 79.1 Å². The van der Waals surface area contributed by atoms with Crippen molar-refractivity contribution in [3.8, 4) is 5.75 Å². The van der Waals surface area contributed by atoms with E-state index in [1.807, 2.05) is 42.3 Å². The van der Waals surface area contributed by atoms with Crippen molar-refractivity contribution in [3.05, 3.63) is 124 Å². The van der Waals surface area contributed by atoms with Gasteiger partial charge < -0.3 is 9.57 Å². The van der Waals surface area contributed by atoms with Gasteiger partial charge in [-0.3, -0.25) is 34.6 Å². The van der Waals surface area contributed by atoms with Gasteiger partial charge in [-0.25, -0.2) is 14.3 Å². The highest BCUT2D eigenvalue weighted by Crippen LogP contribution is 2.52. The number of hydrogen-bond acceptors (Lipinski definition) is 9. The first kappa shape index (κ1) is 33.7. The van der Waals surface area contributed by atoms with Gasteiger partial charge >= 0.3 is 0 Å². The van der Waals surface area contributed by atoms with Crippen molar-refractivity contribution in [2.24, 2.45) is 5.92 Å². The molecule has 11 nitrogen and oxygen atoms in total. The van der Waals surface area contributed by atoms with Crippen LogP contribution < -0.4 is 15.8 Å². The molecule has 50 heavy (non-hydrogen) atoms. The molecular formula is C37H38F2N6O5. The molecule has 0 atom stereocenters. The van der Waals surface area contributed by atoms with Gasteiger partial charge in [0.05, 0.1) is 35.7 Å². The fourth-order valence-corrected chi connectivity index (χ4v) is 6.79. The lowest BCUT2D eigenvalue weighted by atomic mass is 9.99. The molecule has 7 rings (SSSR count). The maximum Gasteiger partial charge on any atom is 0.285 e. The predicted octanol–water partition coefficient (Wildman–Crippen LogP) is 4.86. The lowest BCUT2D eigenvalue weighted by Crippen LogP contribution is -2.44.